The summed E-state index contributed by atoms with van der Waals surface area (Å²) in [5, 5.41) is 7.41. The van der Waals surface area contributed by atoms with E-state index < -0.39 is 0 Å². The van der Waals surface area contributed by atoms with Gasteiger partial charge < -0.3 is 10.1 Å². The van der Waals surface area contributed by atoms with Crippen LogP contribution in [0.5, 0.6) is 0 Å². The maximum atomic E-state index is 11.7. The lowest BCUT2D eigenvalue weighted by atomic mass is 10.1. The van der Waals surface area contributed by atoms with E-state index in [0.717, 1.165) is 31.9 Å². The Hall–Kier alpha value is -1.36. The third kappa shape index (κ3) is 3.56. The van der Waals surface area contributed by atoms with Gasteiger partial charge in [-0.05, 0) is 38.7 Å². The summed E-state index contributed by atoms with van der Waals surface area (Å²) < 4.78 is 7.23. The zero-order chi connectivity index (χ0) is 13.8. The molecule has 1 aromatic heterocycles. The van der Waals surface area contributed by atoms with Gasteiger partial charge in [0.15, 0.2) is 0 Å². The SMILES string of the molecule is Cc1nn(CCNC(=O)CC2CCOC2)c(C)c1C. The van der Waals surface area contributed by atoms with E-state index in [4.69, 9.17) is 4.74 Å². The zero-order valence-electron chi connectivity index (χ0n) is 12.0. The molecule has 1 aliphatic rings. The second-order valence-electron chi connectivity index (χ2n) is 5.30. The number of ether oxygens (including phenoxy) is 1. The summed E-state index contributed by atoms with van der Waals surface area (Å²) >= 11 is 0. The Labute approximate surface area is 114 Å². The average molecular weight is 265 g/mol. The molecule has 1 N–H and O–H groups in total. The van der Waals surface area contributed by atoms with Crippen LogP contribution >= 0.6 is 0 Å². The average Bonchev–Trinajstić information content (AvgIpc) is 2.95. The van der Waals surface area contributed by atoms with Gasteiger partial charge in [0.25, 0.3) is 0 Å². The lowest BCUT2D eigenvalue weighted by Crippen LogP contribution is -2.29. The summed E-state index contributed by atoms with van der Waals surface area (Å²) in [6.45, 7) is 9.03. The number of carbonyl (C=O) groups is 1. The standard InChI is InChI=1S/C14H23N3O2/c1-10-11(2)16-17(12(10)3)6-5-15-14(18)8-13-4-7-19-9-13/h13H,4-9H2,1-3H3,(H,15,18). The molecule has 0 radical (unpaired) electrons. The quantitative estimate of drug-likeness (QED) is 0.874. The van der Waals surface area contributed by atoms with Crippen LogP contribution in [0, 0.1) is 26.7 Å². The number of hydrogen-bond donors (Lipinski definition) is 1. The van der Waals surface area contributed by atoms with Crippen LogP contribution in [0.2, 0.25) is 0 Å². The van der Waals surface area contributed by atoms with Crippen molar-refractivity contribution in [2.75, 3.05) is 19.8 Å². The molecule has 5 heteroatoms. The molecule has 5 nitrogen and oxygen atoms in total. The third-order valence-electron chi connectivity index (χ3n) is 3.89. The van der Waals surface area contributed by atoms with Gasteiger partial charge in [-0.2, -0.15) is 5.10 Å². The normalized spacial score (nSPS) is 18.8. The molecule has 0 aromatic carbocycles. The molecule has 1 unspecified atom stereocenters. The topological polar surface area (TPSA) is 56.2 Å². The van der Waals surface area contributed by atoms with Crippen LogP contribution < -0.4 is 5.32 Å². The van der Waals surface area contributed by atoms with Gasteiger partial charge in [0, 0.05) is 31.9 Å². The fourth-order valence-corrected chi connectivity index (χ4v) is 2.38. The zero-order valence-corrected chi connectivity index (χ0v) is 12.0. The van der Waals surface area contributed by atoms with E-state index in [1.54, 1.807) is 0 Å². The molecule has 1 saturated heterocycles. The van der Waals surface area contributed by atoms with Crippen LogP contribution in [-0.4, -0.2) is 35.4 Å². The van der Waals surface area contributed by atoms with Crippen molar-refractivity contribution in [2.45, 2.75) is 40.2 Å². The Morgan fingerprint density at radius 2 is 2.26 bits per heavy atom. The van der Waals surface area contributed by atoms with Crippen LogP contribution in [0.3, 0.4) is 0 Å². The summed E-state index contributed by atoms with van der Waals surface area (Å²) in [5.74, 6) is 0.518. The first-order valence-electron chi connectivity index (χ1n) is 6.93. The predicted octanol–water partition coefficient (Wildman–Crippen LogP) is 1.35. The Kier molecular flexibility index (Phi) is 4.58. The van der Waals surface area contributed by atoms with Crippen molar-refractivity contribution in [2.24, 2.45) is 5.92 Å². The van der Waals surface area contributed by atoms with Gasteiger partial charge in [-0.3, -0.25) is 9.48 Å². The van der Waals surface area contributed by atoms with Crippen LogP contribution in [0.25, 0.3) is 0 Å². The fraction of sp³-hybridized carbons (Fsp3) is 0.714. The van der Waals surface area contributed by atoms with Gasteiger partial charge in [-0.1, -0.05) is 0 Å². The Bertz CT molecular complexity index is 448. The molecule has 2 rings (SSSR count). The number of nitrogens with zero attached hydrogens (tertiary/aromatic N) is 2. The van der Waals surface area contributed by atoms with E-state index >= 15 is 0 Å². The van der Waals surface area contributed by atoms with Gasteiger partial charge in [0.1, 0.15) is 0 Å². The molecule has 1 aromatic rings. The number of aromatic nitrogens is 2. The maximum absolute atomic E-state index is 11.7. The second kappa shape index (κ2) is 6.19. The minimum atomic E-state index is 0.119. The Morgan fingerprint density at radius 1 is 1.47 bits per heavy atom. The number of nitrogens with one attached hydrogen (secondary N) is 1. The molecule has 0 bridgehead atoms. The van der Waals surface area contributed by atoms with Gasteiger partial charge in [-0.15, -0.1) is 0 Å². The van der Waals surface area contributed by atoms with E-state index in [-0.39, 0.29) is 5.91 Å². The van der Waals surface area contributed by atoms with Gasteiger partial charge in [0.05, 0.1) is 12.2 Å². The van der Waals surface area contributed by atoms with Crippen LogP contribution in [-0.2, 0) is 16.1 Å². The lowest BCUT2D eigenvalue weighted by Gasteiger charge is -2.09. The summed E-state index contributed by atoms with van der Waals surface area (Å²) in [6, 6.07) is 0. The molecule has 0 saturated carbocycles. The fourth-order valence-electron chi connectivity index (χ4n) is 2.38. The molecular weight excluding hydrogens is 242 g/mol. The summed E-state index contributed by atoms with van der Waals surface area (Å²) in [7, 11) is 0. The molecular formula is C14H23N3O2. The Morgan fingerprint density at radius 3 is 2.84 bits per heavy atom. The van der Waals surface area contributed by atoms with Crippen LogP contribution in [0.1, 0.15) is 29.8 Å². The van der Waals surface area contributed by atoms with Crippen molar-refractivity contribution in [1.29, 1.82) is 0 Å². The number of aryl methyl sites for hydroxylation is 1. The molecule has 2 heterocycles. The smallest absolute Gasteiger partial charge is 0.220 e. The highest BCUT2D eigenvalue weighted by molar-refractivity contribution is 5.76. The molecule has 1 amide bonds. The summed E-state index contributed by atoms with van der Waals surface area (Å²) in [6.07, 6.45) is 1.58. The van der Waals surface area contributed by atoms with Crippen molar-refractivity contribution in [1.82, 2.24) is 15.1 Å². The van der Waals surface area contributed by atoms with Crippen molar-refractivity contribution >= 4 is 5.91 Å². The molecule has 0 aliphatic carbocycles. The van der Waals surface area contributed by atoms with E-state index in [1.807, 2.05) is 11.6 Å². The molecule has 1 fully saturated rings. The minimum absolute atomic E-state index is 0.119. The van der Waals surface area contributed by atoms with Gasteiger partial charge in [0.2, 0.25) is 5.91 Å². The summed E-state index contributed by atoms with van der Waals surface area (Å²) in [5.41, 5.74) is 3.47. The molecule has 106 valence electrons. The number of hydrogen-bond acceptors (Lipinski definition) is 3. The highest BCUT2D eigenvalue weighted by Gasteiger charge is 2.18. The van der Waals surface area contributed by atoms with E-state index in [2.05, 4.69) is 24.3 Å². The second-order valence-corrected chi connectivity index (χ2v) is 5.30. The minimum Gasteiger partial charge on any atom is -0.381 e. The summed E-state index contributed by atoms with van der Waals surface area (Å²) in [4.78, 5) is 11.7. The van der Waals surface area contributed by atoms with Crippen molar-refractivity contribution in [3.05, 3.63) is 17.0 Å². The van der Waals surface area contributed by atoms with E-state index in [9.17, 15) is 4.79 Å². The van der Waals surface area contributed by atoms with Crippen LogP contribution in [0.4, 0.5) is 0 Å². The molecule has 19 heavy (non-hydrogen) atoms. The van der Waals surface area contributed by atoms with Gasteiger partial charge in [-0.25, -0.2) is 0 Å². The third-order valence-corrected chi connectivity index (χ3v) is 3.89. The first-order valence-corrected chi connectivity index (χ1v) is 6.93. The van der Waals surface area contributed by atoms with Crippen molar-refractivity contribution < 1.29 is 9.53 Å². The van der Waals surface area contributed by atoms with E-state index in [1.165, 1.54) is 11.3 Å². The highest BCUT2D eigenvalue weighted by Crippen LogP contribution is 2.15. The number of amides is 1. The first kappa shape index (κ1) is 14.1. The largest absolute Gasteiger partial charge is 0.381 e. The van der Waals surface area contributed by atoms with Crippen LogP contribution in [0.15, 0.2) is 0 Å². The van der Waals surface area contributed by atoms with Crippen molar-refractivity contribution in [3.8, 4) is 0 Å². The molecule has 0 spiro atoms. The van der Waals surface area contributed by atoms with E-state index in [0.29, 0.717) is 18.9 Å². The maximum Gasteiger partial charge on any atom is 0.220 e. The highest BCUT2D eigenvalue weighted by atomic mass is 16.5. The Balaban J connectivity index is 1.73. The number of rotatable bonds is 5. The predicted molar refractivity (Wildman–Crippen MR) is 73.0 cm³/mol. The monoisotopic (exact) mass is 265 g/mol. The number of carbonyl (C=O) groups excluding carboxylic acids is 1. The lowest BCUT2D eigenvalue weighted by molar-refractivity contribution is -0.122. The van der Waals surface area contributed by atoms with Crippen molar-refractivity contribution in [3.63, 3.8) is 0 Å². The first-order chi connectivity index (χ1) is 9.08. The molecule has 1 aliphatic heterocycles. The molecule has 1 atom stereocenters. The van der Waals surface area contributed by atoms with Gasteiger partial charge >= 0.3 is 0 Å².